The van der Waals surface area contributed by atoms with Crippen molar-refractivity contribution in [2.24, 2.45) is 0 Å². The molecule has 7 heteroatoms. The Labute approximate surface area is 152 Å². The molecule has 2 amide bonds. The second kappa shape index (κ2) is 6.57. The van der Waals surface area contributed by atoms with E-state index >= 15 is 0 Å². The molecule has 1 aromatic carbocycles. The van der Waals surface area contributed by atoms with Gasteiger partial charge in [0.25, 0.3) is 0 Å². The van der Waals surface area contributed by atoms with E-state index in [2.05, 4.69) is 29.1 Å². The Bertz CT molecular complexity index is 829. The zero-order valence-electron chi connectivity index (χ0n) is 15.1. The van der Waals surface area contributed by atoms with Crippen LogP contribution in [0.25, 0.3) is 5.69 Å². The number of hydrogen-bond donors (Lipinski definition) is 0. The van der Waals surface area contributed by atoms with Gasteiger partial charge in [0.15, 0.2) is 0 Å². The Kier molecular flexibility index (Phi) is 4.24. The second-order valence-electron chi connectivity index (χ2n) is 7.16. The summed E-state index contributed by atoms with van der Waals surface area (Å²) in [5.41, 5.74) is 3.35. The van der Waals surface area contributed by atoms with E-state index in [4.69, 9.17) is 0 Å². The number of amides is 2. The van der Waals surface area contributed by atoms with Crippen molar-refractivity contribution in [2.45, 2.75) is 19.5 Å². The number of carbonyl (C=O) groups is 2. The lowest BCUT2D eigenvalue weighted by molar-refractivity contribution is -0.158. The topological polar surface area (TPSA) is 61.7 Å². The summed E-state index contributed by atoms with van der Waals surface area (Å²) in [7, 11) is 1.70. The number of benzene rings is 1. The number of hydrogen-bond acceptors (Lipinski definition) is 4. The third kappa shape index (κ3) is 3.10. The van der Waals surface area contributed by atoms with Crippen LogP contribution < -0.4 is 0 Å². The number of likely N-dealkylation sites (N-methyl/N-ethyl adjacent to an activating group) is 1. The predicted molar refractivity (Wildman–Crippen MR) is 96.7 cm³/mol. The molecule has 0 aliphatic carbocycles. The highest BCUT2D eigenvalue weighted by Gasteiger charge is 2.41. The molecule has 1 atom stereocenters. The van der Waals surface area contributed by atoms with Crippen molar-refractivity contribution >= 4 is 11.8 Å². The Morgan fingerprint density at radius 3 is 2.69 bits per heavy atom. The van der Waals surface area contributed by atoms with E-state index in [0.29, 0.717) is 13.1 Å². The van der Waals surface area contributed by atoms with Crippen LogP contribution in [0.4, 0.5) is 0 Å². The summed E-state index contributed by atoms with van der Waals surface area (Å²) in [6.45, 7) is 4.93. The number of fused-ring (bicyclic) bond motifs is 1. The first-order chi connectivity index (χ1) is 12.5. The van der Waals surface area contributed by atoms with E-state index in [1.165, 1.54) is 10.5 Å². The Morgan fingerprint density at radius 1 is 1.15 bits per heavy atom. The van der Waals surface area contributed by atoms with Crippen LogP contribution in [0.1, 0.15) is 11.1 Å². The molecule has 0 radical (unpaired) electrons. The summed E-state index contributed by atoms with van der Waals surface area (Å²) in [5.74, 6) is 0.0774. The molecule has 1 aromatic heterocycles. The van der Waals surface area contributed by atoms with Crippen LogP contribution in [0, 0.1) is 6.92 Å². The fraction of sp³-hybridized carbons (Fsp3) is 0.421. The monoisotopic (exact) mass is 353 g/mol. The SMILES string of the molecule is Cc1ccc(-n2cc(CN3CCN4C(=O)CN(C)C(=O)[C@H]4C3)cn2)cc1. The van der Waals surface area contributed by atoms with Crippen LogP contribution in [-0.4, -0.2) is 75.6 Å². The first-order valence-electron chi connectivity index (χ1n) is 8.88. The van der Waals surface area contributed by atoms with Crippen molar-refractivity contribution in [1.82, 2.24) is 24.5 Å². The minimum absolute atomic E-state index is 0.0321. The van der Waals surface area contributed by atoms with Gasteiger partial charge >= 0.3 is 0 Å². The van der Waals surface area contributed by atoms with Gasteiger partial charge in [-0.15, -0.1) is 0 Å². The second-order valence-corrected chi connectivity index (χ2v) is 7.16. The average molecular weight is 353 g/mol. The quantitative estimate of drug-likeness (QED) is 0.814. The summed E-state index contributed by atoms with van der Waals surface area (Å²) in [6.07, 6.45) is 3.89. The Balaban J connectivity index is 1.44. The molecule has 0 spiro atoms. The highest BCUT2D eigenvalue weighted by molar-refractivity contribution is 5.95. The third-order valence-corrected chi connectivity index (χ3v) is 5.16. The van der Waals surface area contributed by atoms with Crippen molar-refractivity contribution in [3.05, 3.63) is 47.8 Å². The molecule has 0 unspecified atom stereocenters. The lowest BCUT2D eigenvalue weighted by Crippen LogP contribution is -2.65. The maximum Gasteiger partial charge on any atom is 0.246 e. The van der Waals surface area contributed by atoms with Gasteiger partial charge in [0.05, 0.1) is 18.4 Å². The lowest BCUT2D eigenvalue weighted by Gasteiger charge is -2.45. The van der Waals surface area contributed by atoms with Crippen molar-refractivity contribution in [3.8, 4) is 5.69 Å². The smallest absolute Gasteiger partial charge is 0.246 e. The molecular weight excluding hydrogens is 330 g/mol. The van der Waals surface area contributed by atoms with Gasteiger partial charge in [-0.25, -0.2) is 4.68 Å². The normalized spacial score (nSPS) is 21.2. The molecule has 0 bridgehead atoms. The minimum Gasteiger partial charge on any atom is -0.335 e. The minimum atomic E-state index is -0.359. The van der Waals surface area contributed by atoms with E-state index in [9.17, 15) is 9.59 Å². The number of piperazine rings is 2. The summed E-state index contributed by atoms with van der Waals surface area (Å²) in [6, 6.07) is 7.87. The van der Waals surface area contributed by atoms with E-state index < -0.39 is 0 Å². The molecule has 4 rings (SSSR count). The third-order valence-electron chi connectivity index (χ3n) is 5.16. The first kappa shape index (κ1) is 16.8. The van der Waals surface area contributed by atoms with Crippen LogP contribution in [0.15, 0.2) is 36.7 Å². The highest BCUT2D eigenvalue weighted by atomic mass is 16.2. The maximum atomic E-state index is 12.4. The molecule has 2 saturated heterocycles. The molecule has 2 aliphatic rings. The summed E-state index contributed by atoms with van der Waals surface area (Å²) in [5, 5.41) is 4.45. The summed E-state index contributed by atoms with van der Waals surface area (Å²) >= 11 is 0. The number of rotatable bonds is 3. The van der Waals surface area contributed by atoms with Crippen LogP contribution >= 0.6 is 0 Å². The van der Waals surface area contributed by atoms with Crippen molar-refractivity contribution in [2.75, 3.05) is 33.2 Å². The van der Waals surface area contributed by atoms with Crippen LogP contribution in [0.2, 0.25) is 0 Å². The fourth-order valence-corrected chi connectivity index (χ4v) is 3.66. The van der Waals surface area contributed by atoms with Crippen molar-refractivity contribution in [1.29, 1.82) is 0 Å². The first-order valence-corrected chi connectivity index (χ1v) is 8.88. The highest BCUT2D eigenvalue weighted by Crippen LogP contribution is 2.19. The van der Waals surface area contributed by atoms with Gasteiger partial charge < -0.3 is 9.80 Å². The van der Waals surface area contributed by atoms with Gasteiger partial charge in [-0.05, 0) is 19.1 Å². The molecule has 2 aliphatic heterocycles. The van der Waals surface area contributed by atoms with Crippen molar-refractivity contribution < 1.29 is 9.59 Å². The molecular formula is C19H23N5O2. The van der Waals surface area contributed by atoms with Gasteiger partial charge in [-0.2, -0.15) is 5.10 Å². The van der Waals surface area contributed by atoms with E-state index in [1.54, 1.807) is 11.9 Å². The van der Waals surface area contributed by atoms with Gasteiger partial charge in [0, 0.05) is 45.0 Å². The van der Waals surface area contributed by atoms with E-state index in [1.807, 2.05) is 29.2 Å². The number of nitrogens with zero attached hydrogens (tertiary/aromatic N) is 5. The Morgan fingerprint density at radius 2 is 1.92 bits per heavy atom. The standard InChI is InChI=1S/C19H23N5O2/c1-14-3-5-16(6-4-14)24-11-15(9-20-24)10-22-7-8-23-17(12-22)19(26)21(2)13-18(23)25/h3-6,9,11,17H,7-8,10,12-13H2,1-2H3/t17-/m1/s1. The van der Waals surface area contributed by atoms with Crippen LogP contribution in [0.3, 0.4) is 0 Å². The number of aryl methyl sites for hydroxylation is 1. The van der Waals surface area contributed by atoms with Gasteiger partial charge in [0.1, 0.15) is 6.04 Å². The van der Waals surface area contributed by atoms with Crippen molar-refractivity contribution in [3.63, 3.8) is 0 Å². The molecule has 26 heavy (non-hydrogen) atoms. The number of aromatic nitrogens is 2. The van der Waals surface area contributed by atoms with Gasteiger partial charge in [0.2, 0.25) is 11.8 Å². The van der Waals surface area contributed by atoms with Crippen LogP contribution in [0.5, 0.6) is 0 Å². The van der Waals surface area contributed by atoms with Gasteiger partial charge in [-0.1, -0.05) is 17.7 Å². The average Bonchev–Trinajstić information content (AvgIpc) is 3.09. The summed E-state index contributed by atoms with van der Waals surface area (Å²) < 4.78 is 1.87. The predicted octanol–water partition coefficient (Wildman–Crippen LogP) is 0.666. The van der Waals surface area contributed by atoms with Gasteiger partial charge in [-0.3, -0.25) is 14.5 Å². The Hall–Kier alpha value is -2.67. The molecule has 3 heterocycles. The molecule has 0 saturated carbocycles. The fourth-order valence-electron chi connectivity index (χ4n) is 3.66. The van der Waals surface area contributed by atoms with Crippen LogP contribution in [-0.2, 0) is 16.1 Å². The van der Waals surface area contributed by atoms with E-state index in [0.717, 1.165) is 24.3 Å². The summed E-state index contributed by atoms with van der Waals surface area (Å²) in [4.78, 5) is 30.0. The lowest BCUT2D eigenvalue weighted by atomic mass is 10.1. The molecule has 0 N–H and O–H groups in total. The zero-order valence-corrected chi connectivity index (χ0v) is 15.1. The largest absolute Gasteiger partial charge is 0.335 e. The zero-order chi connectivity index (χ0) is 18.3. The van der Waals surface area contributed by atoms with E-state index in [-0.39, 0.29) is 24.4 Å². The number of carbonyl (C=O) groups excluding carboxylic acids is 2. The molecule has 136 valence electrons. The molecule has 2 aromatic rings. The maximum absolute atomic E-state index is 12.4. The molecule has 2 fully saturated rings. The molecule has 7 nitrogen and oxygen atoms in total.